The molecule has 0 bridgehead atoms. The normalized spacial score (nSPS) is 12.3. The van der Waals surface area contributed by atoms with Crippen LogP contribution >= 0.6 is 0 Å². The third-order valence-electron chi connectivity index (χ3n) is 16.1. The van der Waals surface area contributed by atoms with E-state index >= 15 is 0 Å². The fraction of sp³-hybridized carbons (Fsp3) is 0.851. The quantitative estimate of drug-likeness (QED) is 0.0261. The lowest BCUT2D eigenvalue weighted by molar-refractivity contribution is -0.167. The number of hydrogen-bond donors (Lipinski definition) is 0. The Labute approximate surface area is 498 Å². The number of carbonyl (C=O) groups excluding carboxylic acids is 3. The lowest BCUT2D eigenvalue weighted by Crippen LogP contribution is -2.30. The van der Waals surface area contributed by atoms with Crippen molar-refractivity contribution in [1.82, 2.24) is 0 Å². The van der Waals surface area contributed by atoms with Crippen LogP contribution in [0.4, 0.5) is 0 Å². The highest BCUT2D eigenvalue weighted by Crippen LogP contribution is 2.19. The van der Waals surface area contributed by atoms with E-state index in [1.807, 2.05) is 0 Å². The Morgan fingerprint density at radius 2 is 0.487 bits per heavy atom. The minimum Gasteiger partial charge on any atom is -0.462 e. The number of unbranched alkanes of at least 4 members (excludes halogenated alkanes) is 47. The van der Waals surface area contributed by atoms with E-state index in [1.54, 1.807) is 0 Å². The van der Waals surface area contributed by atoms with Gasteiger partial charge < -0.3 is 14.2 Å². The minimum absolute atomic E-state index is 0.0806. The van der Waals surface area contributed by atoms with Gasteiger partial charge in [0.15, 0.2) is 6.10 Å². The Kier molecular flexibility index (Phi) is 66.6. The van der Waals surface area contributed by atoms with E-state index < -0.39 is 6.10 Å². The van der Waals surface area contributed by atoms with Gasteiger partial charge in [0.1, 0.15) is 13.2 Å². The molecule has 0 fully saturated rings. The Morgan fingerprint density at radius 3 is 0.787 bits per heavy atom. The van der Waals surface area contributed by atoms with E-state index in [1.165, 1.54) is 263 Å². The largest absolute Gasteiger partial charge is 0.462 e. The highest BCUT2D eigenvalue weighted by molar-refractivity contribution is 5.71. The maximum absolute atomic E-state index is 12.9. The first kappa shape index (κ1) is 77.4. The fourth-order valence-corrected chi connectivity index (χ4v) is 10.8. The Hall–Kier alpha value is -2.63. The molecular formula is C74H136O6. The SMILES string of the molecule is CC/C=C\C/C=C\C/C=C\CCCCCC(=O)OCC(COC(=O)CCCCCCCCCCCCCCCCCCCCCCCCCCCCCCCCC)OC(=O)CCCCCCCCC/C=C\CCCCCCCCC. The molecule has 80 heavy (non-hydrogen) atoms. The van der Waals surface area contributed by atoms with E-state index in [9.17, 15) is 14.4 Å². The van der Waals surface area contributed by atoms with Gasteiger partial charge >= 0.3 is 17.9 Å². The third kappa shape index (κ3) is 66.2. The summed E-state index contributed by atoms with van der Waals surface area (Å²) < 4.78 is 16.9. The van der Waals surface area contributed by atoms with Gasteiger partial charge in [0.2, 0.25) is 0 Å². The zero-order valence-electron chi connectivity index (χ0n) is 53.9. The average molecular weight is 1120 g/mol. The molecule has 468 valence electrons. The smallest absolute Gasteiger partial charge is 0.306 e. The van der Waals surface area contributed by atoms with E-state index in [0.717, 1.165) is 83.5 Å². The van der Waals surface area contributed by atoms with Gasteiger partial charge in [0.05, 0.1) is 0 Å². The summed E-state index contributed by atoms with van der Waals surface area (Å²) in [6, 6.07) is 0. The summed E-state index contributed by atoms with van der Waals surface area (Å²) in [5.74, 6) is -0.893. The molecule has 0 rings (SSSR count). The van der Waals surface area contributed by atoms with Gasteiger partial charge in [-0.15, -0.1) is 0 Å². The van der Waals surface area contributed by atoms with Crippen LogP contribution < -0.4 is 0 Å². The summed E-state index contributed by atoms with van der Waals surface area (Å²) in [6.07, 6.45) is 87.4. The van der Waals surface area contributed by atoms with Gasteiger partial charge in [-0.05, 0) is 77.0 Å². The second-order valence-corrected chi connectivity index (χ2v) is 24.1. The lowest BCUT2D eigenvalue weighted by Gasteiger charge is -2.18. The van der Waals surface area contributed by atoms with Crippen molar-refractivity contribution in [2.75, 3.05) is 13.2 Å². The Balaban J connectivity index is 4.15. The monoisotopic (exact) mass is 1120 g/mol. The molecule has 0 N–H and O–H groups in total. The molecule has 0 aromatic heterocycles. The molecule has 0 aliphatic heterocycles. The Morgan fingerprint density at radius 1 is 0.263 bits per heavy atom. The van der Waals surface area contributed by atoms with Gasteiger partial charge in [0, 0.05) is 19.3 Å². The predicted molar refractivity (Wildman–Crippen MR) is 349 cm³/mol. The molecule has 1 atom stereocenters. The zero-order chi connectivity index (χ0) is 57.8. The molecule has 0 aliphatic carbocycles. The van der Waals surface area contributed by atoms with Crippen LogP contribution in [0.1, 0.15) is 387 Å². The number of ether oxygens (including phenoxy) is 3. The molecule has 6 heteroatoms. The maximum atomic E-state index is 12.9. The van der Waals surface area contributed by atoms with Crippen LogP contribution in [0.5, 0.6) is 0 Å². The van der Waals surface area contributed by atoms with Crippen LogP contribution in [0.3, 0.4) is 0 Å². The molecule has 0 aromatic rings. The van der Waals surface area contributed by atoms with Crippen molar-refractivity contribution in [3.05, 3.63) is 48.6 Å². The molecule has 0 radical (unpaired) electrons. The van der Waals surface area contributed by atoms with Crippen molar-refractivity contribution in [2.24, 2.45) is 0 Å². The molecule has 0 spiro atoms. The molecule has 0 aliphatic rings. The highest BCUT2D eigenvalue weighted by atomic mass is 16.6. The van der Waals surface area contributed by atoms with Crippen LogP contribution in [0.15, 0.2) is 48.6 Å². The van der Waals surface area contributed by atoms with Crippen molar-refractivity contribution in [2.45, 2.75) is 393 Å². The van der Waals surface area contributed by atoms with Crippen LogP contribution in [-0.2, 0) is 28.6 Å². The van der Waals surface area contributed by atoms with Crippen molar-refractivity contribution in [3.63, 3.8) is 0 Å². The number of carbonyl (C=O) groups is 3. The standard InChI is InChI=1S/C74H136O6/c1-4-7-10-13-16-19-22-25-27-29-31-32-33-34-35-36-37-38-39-40-41-42-43-45-46-49-52-55-58-61-64-67-73(76)79-70-71(69-78-72(75)66-63-60-57-54-51-48-24-21-18-15-12-9-6-3)80-74(77)68-65-62-59-56-53-50-47-44-30-28-26-23-20-17-14-11-8-5-2/h9,12,18,21,28,30,48,51,71H,4-8,10-11,13-17,19-20,22-27,29,31-47,49-50,52-70H2,1-3H3/b12-9-,21-18-,30-28-,51-48-. The molecular weight excluding hydrogens is 985 g/mol. The number of rotatable bonds is 66. The van der Waals surface area contributed by atoms with Gasteiger partial charge in [-0.2, -0.15) is 0 Å². The van der Waals surface area contributed by atoms with Crippen LogP contribution in [0.2, 0.25) is 0 Å². The molecule has 1 unspecified atom stereocenters. The summed E-state index contributed by atoms with van der Waals surface area (Å²) in [4.78, 5) is 38.4. The fourth-order valence-electron chi connectivity index (χ4n) is 10.8. The minimum atomic E-state index is -0.787. The first-order valence-corrected chi connectivity index (χ1v) is 35.6. The van der Waals surface area contributed by atoms with Gasteiger partial charge in [-0.3, -0.25) is 14.4 Å². The molecule has 0 aromatic carbocycles. The summed E-state index contributed by atoms with van der Waals surface area (Å²) >= 11 is 0. The number of esters is 3. The van der Waals surface area contributed by atoms with Crippen LogP contribution in [-0.4, -0.2) is 37.2 Å². The third-order valence-corrected chi connectivity index (χ3v) is 16.1. The van der Waals surface area contributed by atoms with Gasteiger partial charge in [-0.1, -0.05) is 339 Å². The van der Waals surface area contributed by atoms with Crippen molar-refractivity contribution in [3.8, 4) is 0 Å². The maximum Gasteiger partial charge on any atom is 0.306 e. The van der Waals surface area contributed by atoms with Gasteiger partial charge in [-0.25, -0.2) is 0 Å². The first-order chi connectivity index (χ1) is 39.5. The number of hydrogen-bond acceptors (Lipinski definition) is 6. The summed E-state index contributed by atoms with van der Waals surface area (Å²) in [6.45, 7) is 6.56. The van der Waals surface area contributed by atoms with E-state index in [-0.39, 0.29) is 31.1 Å². The van der Waals surface area contributed by atoms with Crippen LogP contribution in [0, 0.1) is 0 Å². The van der Waals surface area contributed by atoms with E-state index in [2.05, 4.69) is 69.4 Å². The highest BCUT2D eigenvalue weighted by Gasteiger charge is 2.19. The molecule has 0 amide bonds. The van der Waals surface area contributed by atoms with Gasteiger partial charge in [0.25, 0.3) is 0 Å². The van der Waals surface area contributed by atoms with Crippen molar-refractivity contribution >= 4 is 17.9 Å². The van der Waals surface area contributed by atoms with Crippen LogP contribution in [0.25, 0.3) is 0 Å². The number of allylic oxidation sites excluding steroid dienone is 8. The lowest BCUT2D eigenvalue weighted by atomic mass is 10.0. The zero-order valence-corrected chi connectivity index (χ0v) is 53.9. The molecule has 6 nitrogen and oxygen atoms in total. The molecule has 0 saturated carbocycles. The topological polar surface area (TPSA) is 78.9 Å². The Bertz CT molecular complexity index is 1380. The molecule has 0 heterocycles. The molecule has 0 saturated heterocycles. The summed E-state index contributed by atoms with van der Waals surface area (Å²) in [7, 11) is 0. The second-order valence-electron chi connectivity index (χ2n) is 24.1. The predicted octanol–water partition coefficient (Wildman–Crippen LogP) is 24.5. The van der Waals surface area contributed by atoms with Crippen molar-refractivity contribution in [1.29, 1.82) is 0 Å². The van der Waals surface area contributed by atoms with E-state index in [4.69, 9.17) is 14.2 Å². The van der Waals surface area contributed by atoms with E-state index in [0.29, 0.717) is 19.3 Å². The average Bonchev–Trinajstić information content (AvgIpc) is 3.46. The van der Waals surface area contributed by atoms with Crippen molar-refractivity contribution < 1.29 is 28.6 Å². The summed E-state index contributed by atoms with van der Waals surface area (Å²) in [5, 5.41) is 0. The second kappa shape index (κ2) is 68.9. The first-order valence-electron chi connectivity index (χ1n) is 35.6. The summed E-state index contributed by atoms with van der Waals surface area (Å²) in [5.41, 5.74) is 0.